The fourth-order valence-electron chi connectivity index (χ4n) is 2.48. The fraction of sp³-hybridized carbons (Fsp3) is 1.00. The van der Waals surface area contributed by atoms with Gasteiger partial charge in [-0.1, -0.05) is 0 Å². The second kappa shape index (κ2) is 5.22. The molecule has 0 radical (unpaired) electrons. The van der Waals surface area contributed by atoms with Crippen molar-refractivity contribution >= 4 is 0 Å². The Morgan fingerprint density at radius 2 is 1.88 bits per heavy atom. The molecule has 0 saturated carbocycles. The maximum atomic E-state index is 5.99. The average Bonchev–Trinajstić information content (AvgIpc) is 2.27. The monoisotopic (exact) mass is 243 g/mol. The molecule has 100 valence electrons. The molecule has 2 fully saturated rings. The van der Waals surface area contributed by atoms with Crippen molar-refractivity contribution in [2.24, 2.45) is 0 Å². The van der Waals surface area contributed by atoms with E-state index in [1.54, 1.807) is 0 Å². The highest BCUT2D eigenvalue weighted by molar-refractivity contribution is 4.90. The van der Waals surface area contributed by atoms with Crippen LogP contribution in [-0.2, 0) is 14.3 Å². The maximum Gasteiger partial charge on any atom is 0.0813 e. The van der Waals surface area contributed by atoms with E-state index in [0.29, 0.717) is 6.04 Å². The maximum absolute atomic E-state index is 5.99. The molecule has 4 nitrogen and oxygen atoms in total. The molecule has 2 aliphatic heterocycles. The van der Waals surface area contributed by atoms with Gasteiger partial charge < -0.3 is 9.47 Å². The molecule has 1 spiro atoms. The van der Waals surface area contributed by atoms with Crippen LogP contribution in [0.2, 0.25) is 0 Å². The Hall–Kier alpha value is -0.160. The van der Waals surface area contributed by atoms with E-state index < -0.39 is 0 Å². The summed E-state index contributed by atoms with van der Waals surface area (Å²) in [6.07, 6.45) is 4.09. The van der Waals surface area contributed by atoms with Gasteiger partial charge in [-0.05, 0) is 46.5 Å². The average molecular weight is 243 g/mol. The topological polar surface area (TPSA) is 39.7 Å². The van der Waals surface area contributed by atoms with Gasteiger partial charge >= 0.3 is 0 Å². The van der Waals surface area contributed by atoms with Crippen LogP contribution in [0.15, 0.2) is 0 Å². The van der Waals surface area contributed by atoms with Crippen molar-refractivity contribution in [2.75, 3.05) is 19.8 Å². The number of nitrogens with one attached hydrogen (secondary N) is 1. The minimum Gasteiger partial charge on any atom is -0.381 e. The lowest BCUT2D eigenvalue weighted by molar-refractivity contribution is -0.166. The zero-order valence-corrected chi connectivity index (χ0v) is 11.3. The summed E-state index contributed by atoms with van der Waals surface area (Å²) >= 11 is 0. The first-order valence-electron chi connectivity index (χ1n) is 6.64. The van der Waals surface area contributed by atoms with Gasteiger partial charge in [0.25, 0.3) is 0 Å². The van der Waals surface area contributed by atoms with E-state index in [1.807, 2.05) is 0 Å². The zero-order valence-electron chi connectivity index (χ0n) is 11.3. The lowest BCUT2D eigenvalue weighted by atomic mass is 9.84. The molecule has 0 amide bonds. The van der Waals surface area contributed by atoms with Crippen molar-refractivity contribution in [3.8, 4) is 0 Å². The van der Waals surface area contributed by atoms with E-state index in [4.69, 9.17) is 14.3 Å². The van der Waals surface area contributed by atoms with E-state index in [2.05, 4.69) is 26.3 Å². The fourth-order valence-corrected chi connectivity index (χ4v) is 2.48. The van der Waals surface area contributed by atoms with Crippen LogP contribution in [0.4, 0.5) is 0 Å². The highest BCUT2D eigenvalue weighted by Gasteiger charge is 2.39. The standard InChI is InChI=1S/C13H25NO3/c1-12(2,3)17-14-11-4-7-16-13(10-11)5-8-15-9-6-13/h11,14H,4-10H2,1-3H3. The molecule has 2 heterocycles. The summed E-state index contributed by atoms with van der Waals surface area (Å²) in [5.41, 5.74) is 3.11. The molecule has 0 aromatic carbocycles. The molecular weight excluding hydrogens is 218 g/mol. The van der Waals surface area contributed by atoms with E-state index >= 15 is 0 Å². The van der Waals surface area contributed by atoms with Crippen LogP contribution in [0.5, 0.6) is 0 Å². The highest BCUT2D eigenvalue weighted by Crippen LogP contribution is 2.34. The van der Waals surface area contributed by atoms with Gasteiger partial charge in [-0.15, -0.1) is 0 Å². The van der Waals surface area contributed by atoms with Gasteiger partial charge in [-0.3, -0.25) is 4.84 Å². The molecule has 4 heteroatoms. The summed E-state index contributed by atoms with van der Waals surface area (Å²) in [5, 5.41) is 0. The van der Waals surface area contributed by atoms with Gasteiger partial charge in [0.1, 0.15) is 0 Å². The van der Waals surface area contributed by atoms with Gasteiger partial charge in [0.15, 0.2) is 0 Å². The van der Waals surface area contributed by atoms with Crippen LogP contribution in [0.3, 0.4) is 0 Å². The number of ether oxygens (including phenoxy) is 2. The molecule has 2 rings (SSSR count). The summed E-state index contributed by atoms with van der Waals surface area (Å²) < 4.78 is 11.4. The summed E-state index contributed by atoms with van der Waals surface area (Å²) in [6, 6.07) is 0.404. The quantitative estimate of drug-likeness (QED) is 0.753. The number of hydrogen-bond acceptors (Lipinski definition) is 4. The van der Waals surface area contributed by atoms with Crippen molar-refractivity contribution in [1.29, 1.82) is 0 Å². The lowest BCUT2D eigenvalue weighted by Crippen LogP contribution is -2.50. The third-order valence-electron chi connectivity index (χ3n) is 3.43. The zero-order chi connectivity index (χ0) is 12.4. The van der Waals surface area contributed by atoms with Crippen molar-refractivity contribution in [1.82, 2.24) is 5.48 Å². The van der Waals surface area contributed by atoms with Crippen molar-refractivity contribution < 1.29 is 14.3 Å². The van der Waals surface area contributed by atoms with Gasteiger partial charge in [-0.25, -0.2) is 0 Å². The van der Waals surface area contributed by atoms with Crippen LogP contribution in [0, 0.1) is 0 Å². The van der Waals surface area contributed by atoms with Gasteiger partial charge in [0.2, 0.25) is 0 Å². The highest BCUT2D eigenvalue weighted by atomic mass is 16.7. The molecule has 2 aliphatic rings. The molecule has 0 aromatic rings. The first-order valence-corrected chi connectivity index (χ1v) is 6.64. The molecule has 0 bridgehead atoms. The summed E-state index contributed by atoms with van der Waals surface area (Å²) in [7, 11) is 0. The molecule has 1 N–H and O–H groups in total. The molecule has 1 unspecified atom stereocenters. The Balaban J connectivity index is 1.84. The Bertz CT molecular complexity index is 238. The third-order valence-corrected chi connectivity index (χ3v) is 3.43. The molecule has 0 aromatic heterocycles. The van der Waals surface area contributed by atoms with E-state index in [1.165, 1.54) is 0 Å². The summed E-state index contributed by atoms with van der Waals surface area (Å²) in [6.45, 7) is 8.65. The van der Waals surface area contributed by atoms with Gasteiger partial charge in [-0.2, -0.15) is 5.48 Å². The molecule has 1 atom stereocenters. The van der Waals surface area contributed by atoms with Crippen LogP contribution >= 0.6 is 0 Å². The smallest absolute Gasteiger partial charge is 0.0813 e. The third kappa shape index (κ3) is 3.91. The SMILES string of the molecule is CC(C)(C)ONC1CCOC2(CCOCC2)C1. The van der Waals surface area contributed by atoms with Crippen molar-refractivity contribution in [3.05, 3.63) is 0 Å². The van der Waals surface area contributed by atoms with Crippen LogP contribution in [0.25, 0.3) is 0 Å². The molecule has 17 heavy (non-hydrogen) atoms. The Morgan fingerprint density at radius 3 is 2.53 bits per heavy atom. The van der Waals surface area contributed by atoms with Gasteiger partial charge in [0, 0.05) is 25.9 Å². The Labute approximate surface area is 104 Å². The minimum atomic E-state index is -0.138. The van der Waals surface area contributed by atoms with Crippen LogP contribution in [-0.4, -0.2) is 37.1 Å². The molecular formula is C13H25NO3. The largest absolute Gasteiger partial charge is 0.381 e. The Morgan fingerprint density at radius 1 is 1.18 bits per heavy atom. The van der Waals surface area contributed by atoms with Crippen LogP contribution < -0.4 is 5.48 Å². The Kier molecular flexibility index (Phi) is 4.08. The van der Waals surface area contributed by atoms with Crippen LogP contribution in [0.1, 0.15) is 46.5 Å². The normalized spacial score (nSPS) is 29.5. The predicted molar refractivity (Wildman–Crippen MR) is 65.7 cm³/mol. The number of hydrogen-bond donors (Lipinski definition) is 1. The minimum absolute atomic E-state index is 0.0371. The van der Waals surface area contributed by atoms with Crippen molar-refractivity contribution in [3.63, 3.8) is 0 Å². The van der Waals surface area contributed by atoms with E-state index in [0.717, 1.165) is 45.5 Å². The van der Waals surface area contributed by atoms with Crippen molar-refractivity contribution in [2.45, 2.75) is 63.7 Å². The second-order valence-corrected chi connectivity index (χ2v) is 6.17. The van der Waals surface area contributed by atoms with Gasteiger partial charge in [0.05, 0.1) is 11.2 Å². The van der Waals surface area contributed by atoms with E-state index in [-0.39, 0.29) is 11.2 Å². The molecule has 0 aliphatic carbocycles. The predicted octanol–water partition coefficient (Wildman–Crippen LogP) is 2.03. The summed E-state index contributed by atoms with van der Waals surface area (Å²) in [5.74, 6) is 0. The first-order chi connectivity index (χ1) is 7.99. The van der Waals surface area contributed by atoms with E-state index in [9.17, 15) is 0 Å². The molecule has 2 saturated heterocycles. The second-order valence-electron chi connectivity index (χ2n) is 6.17. The first kappa shape index (κ1) is 13.3. The number of rotatable bonds is 2. The lowest BCUT2D eigenvalue weighted by Gasteiger charge is -2.43. The number of hydroxylamine groups is 1. The summed E-state index contributed by atoms with van der Waals surface area (Å²) in [4.78, 5) is 5.67.